The van der Waals surface area contributed by atoms with Crippen LogP contribution in [-0.2, 0) is 0 Å². The molecule has 1 aromatic rings. The second-order valence-electron chi connectivity index (χ2n) is 4.97. The van der Waals surface area contributed by atoms with Crippen LogP contribution in [0.15, 0.2) is 22.7 Å². The third kappa shape index (κ3) is 3.70. The second kappa shape index (κ2) is 6.39. The SMILES string of the molecule is CC(CNc1cc(Br)ccc1C(=O)O)N1CCCC1. The minimum atomic E-state index is -0.899. The molecule has 1 fully saturated rings. The average Bonchev–Trinajstić information content (AvgIpc) is 2.89. The van der Waals surface area contributed by atoms with Crippen LogP contribution in [0.3, 0.4) is 0 Å². The highest BCUT2D eigenvalue weighted by Gasteiger charge is 2.18. The van der Waals surface area contributed by atoms with E-state index in [9.17, 15) is 4.79 Å². The Balaban J connectivity index is 2.01. The maximum Gasteiger partial charge on any atom is 0.337 e. The van der Waals surface area contributed by atoms with Crippen LogP contribution in [0.2, 0.25) is 0 Å². The Bertz CT molecular complexity index is 459. The van der Waals surface area contributed by atoms with Crippen molar-refractivity contribution >= 4 is 27.6 Å². The first-order valence-corrected chi connectivity index (χ1v) is 7.38. The fraction of sp³-hybridized carbons (Fsp3) is 0.500. The standard InChI is InChI=1S/C14H19BrN2O2/c1-10(17-6-2-3-7-17)9-16-13-8-11(15)4-5-12(13)14(18)19/h4-5,8,10,16H,2-3,6-7,9H2,1H3,(H,18,19). The maximum absolute atomic E-state index is 11.2. The molecule has 0 aromatic heterocycles. The van der Waals surface area contributed by atoms with Crippen LogP contribution >= 0.6 is 15.9 Å². The fourth-order valence-electron chi connectivity index (χ4n) is 2.42. The highest BCUT2D eigenvalue weighted by Crippen LogP contribution is 2.22. The molecule has 0 saturated carbocycles. The number of aromatic carboxylic acids is 1. The number of rotatable bonds is 5. The first-order valence-electron chi connectivity index (χ1n) is 6.58. The van der Waals surface area contributed by atoms with Crippen LogP contribution in [-0.4, -0.2) is 41.7 Å². The molecule has 1 aromatic carbocycles. The Kier molecular flexibility index (Phi) is 4.82. The van der Waals surface area contributed by atoms with Crippen molar-refractivity contribution < 1.29 is 9.90 Å². The molecule has 0 radical (unpaired) electrons. The number of nitrogens with one attached hydrogen (secondary N) is 1. The van der Waals surface area contributed by atoms with Gasteiger partial charge in [-0.2, -0.15) is 0 Å². The Hall–Kier alpha value is -1.07. The van der Waals surface area contributed by atoms with E-state index >= 15 is 0 Å². The maximum atomic E-state index is 11.2. The van der Waals surface area contributed by atoms with Gasteiger partial charge >= 0.3 is 5.97 Å². The third-order valence-electron chi connectivity index (χ3n) is 3.56. The summed E-state index contributed by atoms with van der Waals surface area (Å²) in [4.78, 5) is 13.6. The molecule has 1 atom stereocenters. The van der Waals surface area contributed by atoms with Crippen molar-refractivity contribution in [3.05, 3.63) is 28.2 Å². The summed E-state index contributed by atoms with van der Waals surface area (Å²) in [6.07, 6.45) is 2.53. The molecule has 1 unspecified atom stereocenters. The van der Waals surface area contributed by atoms with E-state index in [0.29, 0.717) is 17.3 Å². The molecule has 4 nitrogen and oxygen atoms in total. The summed E-state index contributed by atoms with van der Waals surface area (Å²) in [7, 11) is 0. The third-order valence-corrected chi connectivity index (χ3v) is 4.06. The first kappa shape index (κ1) is 14.3. The molecule has 104 valence electrons. The highest BCUT2D eigenvalue weighted by atomic mass is 79.9. The van der Waals surface area contributed by atoms with Crippen molar-refractivity contribution in [3.8, 4) is 0 Å². The van der Waals surface area contributed by atoms with E-state index in [1.807, 2.05) is 6.07 Å². The minimum absolute atomic E-state index is 0.317. The summed E-state index contributed by atoms with van der Waals surface area (Å²) in [5.41, 5.74) is 0.991. The van der Waals surface area contributed by atoms with E-state index in [1.54, 1.807) is 12.1 Å². The summed E-state index contributed by atoms with van der Waals surface area (Å²) in [5.74, 6) is -0.899. The van der Waals surface area contributed by atoms with Gasteiger partial charge in [0, 0.05) is 22.7 Å². The zero-order valence-corrected chi connectivity index (χ0v) is 12.6. The van der Waals surface area contributed by atoms with Gasteiger partial charge in [-0.3, -0.25) is 4.90 Å². The molecule has 1 heterocycles. The molecule has 2 rings (SSSR count). The van der Waals surface area contributed by atoms with E-state index < -0.39 is 5.97 Å². The number of nitrogens with zero attached hydrogens (tertiary/aromatic N) is 1. The molecular formula is C14H19BrN2O2. The zero-order chi connectivity index (χ0) is 13.8. The number of halogens is 1. The molecule has 5 heteroatoms. The number of anilines is 1. The molecule has 0 bridgehead atoms. The van der Waals surface area contributed by atoms with Crippen LogP contribution < -0.4 is 5.32 Å². The lowest BCUT2D eigenvalue weighted by Crippen LogP contribution is -2.35. The summed E-state index contributed by atoms with van der Waals surface area (Å²) in [6, 6.07) is 5.61. The highest BCUT2D eigenvalue weighted by molar-refractivity contribution is 9.10. The van der Waals surface area contributed by atoms with Crippen molar-refractivity contribution in [1.29, 1.82) is 0 Å². The lowest BCUT2D eigenvalue weighted by Gasteiger charge is -2.24. The van der Waals surface area contributed by atoms with Gasteiger partial charge in [-0.1, -0.05) is 15.9 Å². The monoisotopic (exact) mass is 326 g/mol. The summed E-state index contributed by atoms with van der Waals surface area (Å²) >= 11 is 3.38. The van der Waals surface area contributed by atoms with Crippen molar-refractivity contribution in [1.82, 2.24) is 4.90 Å². The van der Waals surface area contributed by atoms with Crippen molar-refractivity contribution in [2.45, 2.75) is 25.8 Å². The van der Waals surface area contributed by atoms with Crippen molar-refractivity contribution in [3.63, 3.8) is 0 Å². The van der Waals surface area contributed by atoms with Gasteiger partial charge in [0.2, 0.25) is 0 Å². The van der Waals surface area contributed by atoms with Gasteiger partial charge < -0.3 is 10.4 Å². The van der Waals surface area contributed by atoms with E-state index in [-0.39, 0.29) is 0 Å². The van der Waals surface area contributed by atoms with E-state index in [2.05, 4.69) is 33.1 Å². The Labute approximate surface area is 121 Å². The van der Waals surface area contributed by atoms with Crippen LogP contribution in [0.4, 0.5) is 5.69 Å². The summed E-state index contributed by atoms with van der Waals surface area (Å²) < 4.78 is 0.883. The van der Waals surface area contributed by atoms with Gasteiger partial charge in [0.1, 0.15) is 0 Å². The van der Waals surface area contributed by atoms with Crippen LogP contribution in [0, 0.1) is 0 Å². The number of likely N-dealkylation sites (tertiary alicyclic amines) is 1. The van der Waals surface area contributed by atoms with Crippen LogP contribution in [0.25, 0.3) is 0 Å². The van der Waals surface area contributed by atoms with Gasteiger partial charge in [0.05, 0.1) is 5.56 Å². The molecule has 1 saturated heterocycles. The summed E-state index contributed by atoms with van der Waals surface area (Å²) in [6.45, 7) is 5.23. The fourth-order valence-corrected chi connectivity index (χ4v) is 2.78. The smallest absolute Gasteiger partial charge is 0.337 e. The van der Waals surface area contributed by atoms with Gasteiger partial charge in [0.25, 0.3) is 0 Å². The molecule has 19 heavy (non-hydrogen) atoms. The van der Waals surface area contributed by atoms with Gasteiger partial charge in [-0.15, -0.1) is 0 Å². The predicted octanol–water partition coefficient (Wildman–Crippen LogP) is 3.04. The Morgan fingerprint density at radius 1 is 1.47 bits per heavy atom. The van der Waals surface area contributed by atoms with Crippen molar-refractivity contribution in [2.24, 2.45) is 0 Å². The minimum Gasteiger partial charge on any atom is -0.478 e. The van der Waals surface area contributed by atoms with Crippen LogP contribution in [0.5, 0.6) is 0 Å². The number of benzene rings is 1. The first-order chi connectivity index (χ1) is 9.08. The number of carboxylic acid groups (broad SMARTS) is 1. The largest absolute Gasteiger partial charge is 0.478 e. The van der Waals surface area contributed by atoms with Gasteiger partial charge in [-0.05, 0) is 51.1 Å². The lowest BCUT2D eigenvalue weighted by molar-refractivity contribution is 0.0698. The molecule has 1 aliphatic heterocycles. The van der Waals surface area contributed by atoms with E-state index in [1.165, 1.54) is 12.8 Å². The predicted molar refractivity (Wildman–Crippen MR) is 79.9 cm³/mol. The van der Waals surface area contributed by atoms with Gasteiger partial charge in [0.15, 0.2) is 0 Å². The topological polar surface area (TPSA) is 52.6 Å². The van der Waals surface area contributed by atoms with Gasteiger partial charge in [-0.25, -0.2) is 4.79 Å². The lowest BCUT2D eigenvalue weighted by atomic mass is 10.1. The molecule has 2 N–H and O–H groups in total. The Morgan fingerprint density at radius 2 is 2.16 bits per heavy atom. The molecule has 0 amide bonds. The average molecular weight is 327 g/mol. The Morgan fingerprint density at radius 3 is 2.79 bits per heavy atom. The van der Waals surface area contributed by atoms with Crippen molar-refractivity contribution in [2.75, 3.05) is 25.0 Å². The molecule has 1 aliphatic rings. The number of hydrogen-bond acceptors (Lipinski definition) is 3. The number of hydrogen-bond donors (Lipinski definition) is 2. The summed E-state index contributed by atoms with van der Waals surface area (Å²) in [5, 5.41) is 12.4. The number of carbonyl (C=O) groups is 1. The second-order valence-corrected chi connectivity index (χ2v) is 5.88. The quantitative estimate of drug-likeness (QED) is 0.873. The molecular weight excluding hydrogens is 308 g/mol. The molecule has 0 aliphatic carbocycles. The number of carboxylic acids is 1. The molecule has 0 spiro atoms. The normalized spacial score (nSPS) is 17.4. The van der Waals surface area contributed by atoms with E-state index in [0.717, 1.165) is 24.1 Å². The van der Waals surface area contributed by atoms with Crippen LogP contribution in [0.1, 0.15) is 30.1 Å². The van der Waals surface area contributed by atoms with E-state index in [4.69, 9.17) is 5.11 Å². The zero-order valence-electron chi connectivity index (χ0n) is 11.0.